The van der Waals surface area contributed by atoms with Crippen LogP contribution in [0.15, 0.2) is 12.3 Å². The largest absolute Gasteiger partial charge is 0.310 e. The Kier molecular flexibility index (Phi) is 4.58. The van der Waals surface area contributed by atoms with Crippen molar-refractivity contribution in [3.05, 3.63) is 12.3 Å². The van der Waals surface area contributed by atoms with Crippen molar-refractivity contribution in [2.75, 3.05) is 25.0 Å². The van der Waals surface area contributed by atoms with Gasteiger partial charge in [0.25, 0.3) is 0 Å². The first-order valence-corrected chi connectivity index (χ1v) is 8.28. The third-order valence-electron chi connectivity index (χ3n) is 4.72. The van der Waals surface area contributed by atoms with Crippen molar-refractivity contribution in [2.24, 2.45) is 5.92 Å². The van der Waals surface area contributed by atoms with E-state index in [0.717, 1.165) is 18.9 Å². The van der Waals surface area contributed by atoms with Crippen LogP contribution in [0.25, 0.3) is 0 Å². The van der Waals surface area contributed by atoms with Crippen LogP contribution in [0.3, 0.4) is 0 Å². The summed E-state index contributed by atoms with van der Waals surface area (Å²) in [5, 5.41) is 7.45. The van der Waals surface area contributed by atoms with Gasteiger partial charge in [-0.15, -0.1) is 0 Å². The summed E-state index contributed by atoms with van der Waals surface area (Å²) in [7, 11) is 0. The molecule has 21 heavy (non-hydrogen) atoms. The Bertz CT molecular complexity index is 478. The molecule has 0 spiro atoms. The lowest BCUT2D eigenvalue weighted by atomic mass is 10.0. The monoisotopic (exact) mass is 290 g/mol. The molecule has 0 aromatic carbocycles. The quantitative estimate of drug-likeness (QED) is 0.927. The summed E-state index contributed by atoms with van der Waals surface area (Å²) in [6.45, 7) is 4.84. The predicted molar refractivity (Wildman–Crippen MR) is 83.2 cm³/mol. The highest BCUT2D eigenvalue weighted by Gasteiger charge is 2.22. The molecule has 2 aliphatic rings. The SMILES string of the molecule is C[C@@H]1CCCN(CC(=O)Nc2ccnn2C2CCCC2)C1. The van der Waals surface area contributed by atoms with Crippen LogP contribution in [0.1, 0.15) is 51.5 Å². The summed E-state index contributed by atoms with van der Waals surface area (Å²) in [4.78, 5) is 14.5. The highest BCUT2D eigenvalue weighted by molar-refractivity contribution is 5.91. The van der Waals surface area contributed by atoms with E-state index in [-0.39, 0.29) is 5.91 Å². The minimum absolute atomic E-state index is 0.0869. The molecule has 1 N–H and O–H groups in total. The number of carbonyl (C=O) groups is 1. The predicted octanol–water partition coefficient (Wildman–Crippen LogP) is 2.67. The van der Waals surface area contributed by atoms with Gasteiger partial charge in [-0.05, 0) is 38.1 Å². The zero-order valence-electron chi connectivity index (χ0n) is 12.9. The Balaban J connectivity index is 1.56. The van der Waals surface area contributed by atoms with Crippen molar-refractivity contribution in [1.29, 1.82) is 0 Å². The van der Waals surface area contributed by atoms with E-state index in [1.165, 1.54) is 38.5 Å². The first-order valence-electron chi connectivity index (χ1n) is 8.28. The molecule has 1 aliphatic heterocycles. The van der Waals surface area contributed by atoms with Crippen molar-refractivity contribution in [1.82, 2.24) is 14.7 Å². The fourth-order valence-electron chi connectivity index (χ4n) is 3.67. The third kappa shape index (κ3) is 3.64. The third-order valence-corrected chi connectivity index (χ3v) is 4.72. The normalized spacial score (nSPS) is 24.3. The van der Waals surface area contributed by atoms with Crippen LogP contribution >= 0.6 is 0 Å². The van der Waals surface area contributed by atoms with Gasteiger partial charge in [0.15, 0.2) is 0 Å². The summed E-state index contributed by atoms with van der Waals surface area (Å²) in [6.07, 6.45) is 9.16. The zero-order valence-corrected chi connectivity index (χ0v) is 12.9. The molecular weight excluding hydrogens is 264 g/mol. The average molecular weight is 290 g/mol. The van der Waals surface area contributed by atoms with Gasteiger partial charge in [0.2, 0.25) is 5.91 Å². The fraction of sp³-hybridized carbons (Fsp3) is 0.750. The number of likely N-dealkylation sites (tertiary alicyclic amines) is 1. The summed E-state index contributed by atoms with van der Waals surface area (Å²) in [6, 6.07) is 2.38. The molecule has 1 amide bonds. The van der Waals surface area contributed by atoms with E-state index in [1.807, 2.05) is 10.7 Å². The number of hydrogen-bond acceptors (Lipinski definition) is 3. The molecule has 1 aliphatic carbocycles. The van der Waals surface area contributed by atoms with Crippen molar-refractivity contribution < 1.29 is 4.79 Å². The highest BCUT2D eigenvalue weighted by Crippen LogP contribution is 2.31. The number of nitrogens with one attached hydrogen (secondary N) is 1. The van der Waals surface area contributed by atoms with Crippen molar-refractivity contribution >= 4 is 11.7 Å². The molecular formula is C16H26N4O. The second kappa shape index (κ2) is 6.60. The molecule has 0 unspecified atom stereocenters. The first-order chi connectivity index (χ1) is 10.2. The van der Waals surface area contributed by atoms with E-state index in [0.29, 0.717) is 18.5 Å². The molecule has 5 heteroatoms. The smallest absolute Gasteiger partial charge is 0.239 e. The van der Waals surface area contributed by atoms with Crippen LogP contribution in [0.2, 0.25) is 0 Å². The Morgan fingerprint density at radius 2 is 2.14 bits per heavy atom. The van der Waals surface area contributed by atoms with Crippen molar-refractivity contribution in [3.8, 4) is 0 Å². The van der Waals surface area contributed by atoms with Crippen LogP contribution in [0.5, 0.6) is 0 Å². The highest BCUT2D eigenvalue weighted by atomic mass is 16.2. The van der Waals surface area contributed by atoms with Gasteiger partial charge in [0.05, 0.1) is 18.8 Å². The maximum absolute atomic E-state index is 12.3. The molecule has 1 aromatic heterocycles. The first kappa shape index (κ1) is 14.6. The molecule has 3 rings (SSSR count). The van der Waals surface area contributed by atoms with E-state index in [1.54, 1.807) is 6.20 Å². The number of nitrogens with zero attached hydrogens (tertiary/aromatic N) is 3. The van der Waals surface area contributed by atoms with E-state index in [4.69, 9.17) is 0 Å². The van der Waals surface area contributed by atoms with Crippen molar-refractivity contribution in [3.63, 3.8) is 0 Å². The number of rotatable bonds is 4. The Morgan fingerprint density at radius 3 is 2.90 bits per heavy atom. The van der Waals surface area contributed by atoms with Gasteiger partial charge < -0.3 is 5.32 Å². The van der Waals surface area contributed by atoms with Crippen LogP contribution in [-0.4, -0.2) is 40.2 Å². The van der Waals surface area contributed by atoms with Gasteiger partial charge in [-0.3, -0.25) is 9.69 Å². The van der Waals surface area contributed by atoms with E-state index in [2.05, 4.69) is 22.2 Å². The summed E-state index contributed by atoms with van der Waals surface area (Å²) >= 11 is 0. The van der Waals surface area contributed by atoms with Gasteiger partial charge in [-0.25, -0.2) is 4.68 Å². The maximum atomic E-state index is 12.3. The minimum atomic E-state index is 0.0869. The van der Waals surface area contributed by atoms with Gasteiger partial charge >= 0.3 is 0 Å². The lowest BCUT2D eigenvalue weighted by Gasteiger charge is -2.30. The maximum Gasteiger partial charge on any atom is 0.239 e. The van der Waals surface area contributed by atoms with E-state index in [9.17, 15) is 4.79 Å². The number of piperidine rings is 1. The molecule has 2 fully saturated rings. The van der Waals surface area contributed by atoms with Crippen LogP contribution in [0, 0.1) is 5.92 Å². The zero-order chi connectivity index (χ0) is 14.7. The summed E-state index contributed by atoms with van der Waals surface area (Å²) in [5.41, 5.74) is 0. The van der Waals surface area contributed by atoms with E-state index < -0.39 is 0 Å². The van der Waals surface area contributed by atoms with Crippen LogP contribution < -0.4 is 5.32 Å². The number of anilines is 1. The number of hydrogen-bond donors (Lipinski definition) is 1. The lowest BCUT2D eigenvalue weighted by molar-refractivity contribution is -0.117. The van der Waals surface area contributed by atoms with Crippen LogP contribution in [-0.2, 0) is 4.79 Å². The molecule has 2 heterocycles. The molecule has 0 bridgehead atoms. The van der Waals surface area contributed by atoms with Crippen LogP contribution in [0.4, 0.5) is 5.82 Å². The van der Waals surface area contributed by atoms with Gasteiger partial charge in [-0.2, -0.15) is 5.10 Å². The van der Waals surface area contributed by atoms with Gasteiger partial charge in [0.1, 0.15) is 5.82 Å². The molecule has 0 radical (unpaired) electrons. The van der Waals surface area contributed by atoms with E-state index >= 15 is 0 Å². The standard InChI is InChI=1S/C16H26N4O/c1-13-5-4-10-19(11-13)12-16(21)18-15-8-9-17-20(15)14-6-2-3-7-14/h8-9,13-14H,2-7,10-12H2,1H3,(H,18,21)/t13-/m1/s1. The second-order valence-electron chi connectivity index (χ2n) is 6.63. The molecule has 1 saturated heterocycles. The summed E-state index contributed by atoms with van der Waals surface area (Å²) in [5.74, 6) is 1.65. The number of aromatic nitrogens is 2. The second-order valence-corrected chi connectivity index (χ2v) is 6.63. The Morgan fingerprint density at radius 1 is 1.33 bits per heavy atom. The number of carbonyl (C=O) groups excluding carboxylic acids is 1. The Hall–Kier alpha value is -1.36. The average Bonchev–Trinajstić information content (AvgIpc) is 3.08. The molecule has 1 atom stereocenters. The molecule has 1 saturated carbocycles. The molecule has 5 nitrogen and oxygen atoms in total. The lowest BCUT2D eigenvalue weighted by Crippen LogP contribution is -2.40. The van der Waals surface area contributed by atoms with Gasteiger partial charge in [-0.1, -0.05) is 19.8 Å². The summed E-state index contributed by atoms with van der Waals surface area (Å²) < 4.78 is 2.00. The van der Waals surface area contributed by atoms with Gasteiger partial charge in [0, 0.05) is 12.6 Å². The number of amides is 1. The molecule has 116 valence electrons. The Labute approximate surface area is 126 Å². The molecule has 1 aromatic rings. The van der Waals surface area contributed by atoms with Crippen molar-refractivity contribution in [2.45, 2.75) is 51.5 Å². The fourth-order valence-corrected chi connectivity index (χ4v) is 3.67. The topological polar surface area (TPSA) is 50.2 Å². The minimum Gasteiger partial charge on any atom is -0.310 e.